The molecule has 134 valence electrons. The second-order valence-electron chi connectivity index (χ2n) is 6.98. The molecule has 0 radical (unpaired) electrons. The number of hydrogen-bond donors (Lipinski definition) is 0. The Kier molecular flexibility index (Phi) is 5.07. The molecule has 1 aromatic heterocycles. The molecule has 5 nitrogen and oxygen atoms in total. The predicted molar refractivity (Wildman–Crippen MR) is 100 cm³/mol. The number of esters is 1. The molecule has 1 aliphatic rings. The number of benzene rings is 1. The fourth-order valence-corrected chi connectivity index (χ4v) is 3.67. The number of hydrogen-bond acceptors (Lipinski definition) is 5. The minimum atomic E-state index is -0.533. The summed E-state index contributed by atoms with van der Waals surface area (Å²) in [5.74, 6) is 0.807. The van der Waals surface area contributed by atoms with E-state index in [0.29, 0.717) is 21.1 Å². The minimum absolute atomic E-state index is 0.176. The van der Waals surface area contributed by atoms with Crippen molar-refractivity contribution in [1.29, 1.82) is 0 Å². The number of ether oxygens (including phenoxy) is 1. The van der Waals surface area contributed by atoms with E-state index in [2.05, 4.69) is 14.9 Å². The summed E-state index contributed by atoms with van der Waals surface area (Å²) in [4.78, 5) is 23.4. The fourth-order valence-electron chi connectivity index (χ4n) is 3.35. The third-order valence-electron chi connectivity index (χ3n) is 5.05. The van der Waals surface area contributed by atoms with Crippen molar-refractivity contribution in [2.45, 2.75) is 26.7 Å². The highest BCUT2D eigenvalue weighted by molar-refractivity contribution is 6.42. The second kappa shape index (κ2) is 6.96. The number of anilines is 1. The van der Waals surface area contributed by atoms with Crippen molar-refractivity contribution in [1.82, 2.24) is 9.97 Å². The lowest BCUT2D eigenvalue weighted by Crippen LogP contribution is -2.45. The molecule has 3 rings (SSSR count). The number of aromatic nitrogens is 2. The van der Waals surface area contributed by atoms with Crippen molar-refractivity contribution in [2.24, 2.45) is 11.3 Å². The average Bonchev–Trinajstić information content (AvgIpc) is 2.61. The SMILES string of the molecule is COC(=O)C(C)(C)C1CCCN(c2cnc3cc(Cl)c(Cl)cc3n2)C1. The van der Waals surface area contributed by atoms with E-state index in [1.54, 1.807) is 18.3 Å². The number of piperidine rings is 1. The van der Waals surface area contributed by atoms with Crippen molar-refractivity contribution < 1.29 is 9.53 Å². The molecule has 2 heterocycles. The molecule has 2 aromatic rings. The monoisotopic (exact) mass is 381 g/mol. The van der Waals surface area contributed by atoms with Crippen LogP contribution in [0.25, 0.3) is 11.0 Å². The summed E-state index contributed by atoms with van der Waals surface area (Å²) in [6.45, 7) is 5.51. The Morgan fingerprint density at radius 3 is 2.64 bits per heavy atom. The van der Waals surface area contributed by atoms with E-state index in [1.165, 1.54) is 7.11 Å². The first-order valence-electron chi connectivity index (χ1n) is 8.28. The van der Waals surface area contributed by atoms with Crippen LogP contribution in [0.2, 0.25) is 10.0 Å². The van der Waals surface area contributed by atoms with Crippen molar-refractivity contribution in [3.05, 3.63) is 28.4 Å². The van der Waals surface area contributed by atoms with Gasteiger partial charge < -0.3 is 9.64 Å². The molecule has 7 heteroatoms. The Morgan fingerprint density at radius 1 is 1.28 bits per heavy atom. The number of fused-ring (bicyclic) bond motifs is 1. The van der Waals surface area contributed by atoms with E-state index >= 15 is 0 Å². The van der Waals surface area contributed by atoms with Crippen molar-refractivity contribution in [2.75, 3.05) is 25.1 Å². The summed E-state index contributed by atoms with van der Waals surface area (Å²) in [5.41, 5.74) is 0.886. The van der Waals surface area contributed by atoms with Crippen LogP contribution in [0.15, 0.2) is 18.3 Å². The van der Waals surface area contributed by atoms with E-state index < -0.39 is 5.41 Å². The van der Waals surface area contributed by atoms with E-state index in [0.717, 1.165) is 31.7 Å². The first-order chi connectivity index (χ1) is 11.8. The number of carbonyl (C=O) groups is 1. The number of carbonyl (C=O) groups excluding carboxylic acids is 1. The average molecular weight is 382 g/mol. The standard InChI is InChI=1S/C18H21Cl2N3O2/c1-18(2,17(24)25-3)11-5-4-6-23(10-11)16-9-21-14-7-12(19)13(20)8-15(14)22-16/h7-9,11H,4-6,10H2,1-3H3. The van der Waals surface area contributed by atoms with E-state index in [-0.39, 0.29) is 11.9 Å². The quantitative estimate of drug-likeness (QED) is 0.739. The molecule has 1 saturated heterocycles. The zero-order valence-electron chi connectivity index (χ0n) is 14.6. The molecular formula is C18H21Cl2N3O2. The lowest BCUT2D eigenvalue weighted by Gasteiger charge is -2.40. The van der Waals surface area contributed by atoms with Gasteiger partial charge in [-0.2, -0.15) is 0 Å². The summed E-state index contributed by atoms with van der Waals surface area (Å²) in [5, 5.41) is 0.929. The summed E-state index contributed by atoms with van der Waals surface area (Å²) in [6.07, 6.45) is 3.73. The molecule has 1 atom stereocenters. The van der Waals surface area contributed by atoms with Crippen LogP contribution < -0.4 is 4.90 Å². The molecule has 0 spiro atoms. The van der Waals surface area contributed by atoms with Crippen molar-refractivity contribution >= 4 is 46.0 Å². The van der Waals surface area contributed by atoms with Gasteiger partial charge in [0.2, 0.25) is 0 Å². The number of nitrogens with zero attached hydrogens (tertiary/aromatic N) is 3. The van der Waals surface area contributed by atoms with Crippen LogP contribution in [0.1, 0.15) is 26.7 Å². The molecular weight excluding hydrogens is 361 g/mol. The van der Waals surface area contributed by atoms with Crippen molar-refractivity contribution in [3.63, 3.8) is 0 Å². The maximum atomic E-state index is 12.1. The van der Waals surface area contributed by atoms with Gasteiger partial charge in [-0.3, -0.25) is 9.78 Å². The third kappa shape index (κ3) is 3.53. The van der Waals surface area contributed by atoms with Crippen LogP contribution in [0.5, 0.6) is 0 Å². The van der Waals surface area contributed by atoms with Crippen LogP contribution in [0.3, 0.4) is 0 Å². The Balaban J connectivity index is 1.87. The van der Waals surface area contributed by atoms with Gasteiger partial charge in [0, 0.05) is 13.1 Å². The van der Waals surface area contributed by atoms with E-state index in [4.69, 9.17) is 27.9 Å². The molecule has 0 bridgehead atoms. The largest absolute Gasteiger partial charge is 0.469 e. The van der Waals surface area contributed by atoms with Crippen LogP contribution in [-0.4, -0.2) is 36.1 Å². The zero-order chi connectivity index (χ0) is 18.2. The maximum absolute atomic E-state index is 12.1. The van der Waals surface area contributed by atoms with Crippen LogP contribution in [-0.2, 0) is 9.53 Å². The van der Waals surface area contributed by atoms with Crippen LogP contribution in [0, 0.1) is 11.3 Å². The van der Waals surface area contributed by atoms with Gasteiger partial charge in [0.1, 0.15) is 5.82 Å². The molecule has 0 N–H and O–H groups in total. The van der Waals surface area contributed by atoms with Gasteiger partial charge in [0.25, 0.3) is 0 Å². The molecule has 1 aliphatic heterocycles. The highest BCUT2D eigenvalue weighted by Crippen LogP contribution is 2.36. The van der Waals surface area contributed by atoms with Gasteiger partial charge in [-0.1, -0.05) is 23.2 Å². The maximum Gasteiger partial charge on any atom is 0.311 e. The van der Waals surface area contributed by atoms with Gasteiger partial charge in [-0.05, 0) is 44.7 Å². The highest BCUT2D eigenvalue weighted by atomic mass is 35.5. The summed E-state index contributed by atoms with van der Waals surface area (Å²) >= 11 is 12.1. The second-order valence-corrected chi connectivity index (χ2v) is 7.80. The Morgan fingerprint density at radius 2 is 1.96 bits per heavy atom. The fraction of sp³-hybridized carbons (Fsp3) is 0.500. The first-order valence-corrected chi connectivity index (χ1v) is 9.03. The van der Waals surface area contributed by atoms with E-state index in [1.807, 2.05) is 13.8 Å². The molecule has 1 fully saturated rings. The molecule has 0 amide bonds. The van der Waals surface area contributed by atoms with Crippen LogP contribution >= 0.6 is 23.2 Å². The van der Waals surface area contributed by atoms with Gasteiger partial charge in [-0.15, -0.1) is 0 Å². The molecule has 0 aliphatic carbocycles. The highest BCUT2D eigenvalue weighted by Gasteiger charge is 2.40. The Labute approximate surface area is 157 Å². The Bertz CT molecular complexity index is 810. The lowest BCUT2D eigenvalue weighted by atomic mass is 9.74. The molecule has 25 heavy (non-hydrogen) atoms. The third-order valence-corrected chi connectivity index (χ3v) is 5.77. The van der Waals surface area contributed by atoms with Gasteiger partial charge in [0.15, 0.2) is 0 Å². The zero-order valence-corrected chi connectivity index (χ0v) is 16.1. The number of rotatable bonds is 3. The summed E-state index contributed by atoms with van der Waals surface area (Å²) in [6, 6.07) is 3.45. The van der Waals surface area contributed by atoms with Gasteiger partial charge in [0.05, 0.1) is 39.8 Å². The number of methoxy groups -OCH3 is 1. The first kappa shape index (κ1) is 18.2. The molecule has 1 aromatic carbocycles. The van der Waals surface area contributed by atoms with E-state index in [9.17, 15) is 4.79 Å². The Hall–Kier alpha value is -1.59. The predicted octanol–water partition coefficient (Wildman–Crippen LogP) is 4.35. The summed E-state index contributed by atoms with van der Waals surface area (Å²) < 4.78 is 4.98. The lowest BCUT2D eigenvalue weighted by molar-refractivity contribution is -0.154. The normalized spacial score (nSPS) is 18.4. The summed E-state index contributed by atoms with van der Waals surface area (Å²) in [7, 11) is 1.44. The topological polar surface area (TPSA) is 55.3 Å². The molecule has 0 saturated carbocycles. The smallest absolute Gasteiger partial charge is 0.311 e. The van der Waals surface area contributed by atoms with Gasteiger partial charge >= 0.3 is 5.97 Å². The number of halogens is 2. The van der Waals surface area contributed by atoms with Crippen molar-refractivity contribution in [3.8, 4) is 0 Å². The molecule has 1 unspecified atom stereocenters. The minimum Gasteiger partial charge on any atom is -0.469 e. The van der Waals surface area contributed by atoms with Gasteiger partial charge in [-0.25, -0.2) is 4.98 Å². The van der Waals surface area contributed by atoms with Crippen LogP contribution in [0.4, 0.5) is 5.82 Å².